The minimum atomic E-state index is -0.181. The van der Waals surface area contributed by atoms with Crippen molar-refractivity contribution < 1.29 is 14.4 Å². The highest BCUT2D eigenvalue weighted by Crippen LogP contribution is 2.23. The van der Waals surface area contributed by atoms with Crippen molar-refractivity contribution in [3.63, 3.8) is 0 Å². The number of aliphatic hydroxyl groups is 1. The molecule has 1 saturated heterocycles. The molecule has 0 spiro atoms. The SMILES string of the molecule is CC(C)c1noc(-c2ccc(NC(=O)N3CCC[C@H]3CO)cc2)n1. The van der Waals surface area contributed by atoms with E-state index < -0.39 is 0 Å². The quantitative estimate of drug-likeness (QED) is 0.899. The van der Waals surface area contributed by atoms with Crippen LogP contribution < -0.4 is 5.32 Å². The van der Waals surface area contributed by atoms with Crippen LogP contribution in [0.1, 0.15) is 38.4 Å². The van der Waals surface area contributed by atoms with E-state index in [-0.39, 0.29) is 24.6 Å². The number of nitrogens with zero attached hydrogens (tertiary/aromatic N) is 3. The van der Waals surface area contributed by atoms with Gasteiger partial charge in [-0.2, -0.15) is 4.98 Å². The zero-order chi connectivity index (χ0) is 17.1. The van der Waals surface area contributed by atoms with E-state index in [1.54, 1.807) is 17.0 Å². The van der Waals surface area contributed by atoms with Crippen LogP contribution in [0.3, 0.4) is 0 Å². The Morgan fingerprint density at radius 1 is 1.42 bits per heavy atom. The van der Waals surface area contributed by atoms with Crippen LogP contribution in [0, 0.1) is 0 Å². The van der Waals surface area contributed by atoms with Gasteiger partial charge in [-0.1, -0.05) is 19.0 Å². The smallest absolute Gasteiger partial charge is 0.322 e. The van der Waals surface area contributed by atoms with E-state index in [0.29, 0.717) is 23.9 Å². The number of amides is 2. The number of benzene rings is 1. The summed E-state index contributed by atoms with van der Waals surface area (Å²) in [5.41, 5.74) is 1.50. The molecule has 128 valence electrons. The molecule has 7 nitrogen and oxygen atoms in total. The van der Waals surface area contributed by atoms with Gasteiger partial charge in [0.05, 0.1) is 12.6 Å². The number of likely N-dealkylation sites (tertiary alicyclic amines) is 1. The Balaban J connectivity index is 1.67. The molecular formula is C17H22N4O3. The predicted molar refractivity (Wildman–Crippen MR) is 89.7 cm³/mol. The molecule has 0 aliphatic carbocycles. The molecule has 2 heterocycles. The van der Waals surface area contributed by atoms with E-state index in [1.807, 2.05) is 26.0 Å². The first kappa shape index (κ1) is 16.4. The minimum absolute atomic E-state index is 0.00169. The van der Waals surface area contributed by atoms with Crippen molar-refractivity contribution in [3.8, 4) is 11.5 Å². The molecule has 0 unspecified atom stereocenters. The van der Waals surface area contributed by atoms with Crippen LogP contribution >= 0.6 is 0 Å². The lowest BCUT2D eigenvalue weighted by Gasteiger charge is -2.23. The number of hydrogen-bond acceptors (Lipinski definition) is 5. The molecule has 2 N–H and O–H groups in total. The zero-order valence-electron chi connectivity index (χ0n) is 13.9. The third-order valence-electron chi connectivity index (χ3n) is 4.19. The second-order valence-corrected chi connectivity index (χ2v) is 6.29. The van der Waals surface area contributed by atoms with Crippen LogP contribution in [-0.4, -0.2) is 45.4 Å². The summed E-state index contributed by atoms with van der Waals surface area (Å²) in [4.78, 5) is 18.3. The van der Waals surface area contributed by atoms with Crippen molar-refractivity contribution in [3.05, 3.63) is 30.1 Å². The lowest BCUT2D eigenvalue weighted by atomic mass is 10.2. The van der Waals surface area contributed by atoms with Gasteiger partial charge >= 0.3 is 6.03 Å². The summed E-state index contributed by atoms with van der Waals surface area (Å²) in [5.74, 6) is 1.35. The molecule has 1 fully saturated rings. The Labute approximate surface area is 140 Å². The van der Waals surface area contributed by atoms with E-state index in [0.717, 1.165) is 18.4 Å². The monoisotopic (exact) mass is 330 g/mol. The number of rotatable bonds is 4. The Morgan fingerprint density at radius 3 is 2.79 bits per heavy atom. The standard InChI is InChI=1S/C17H22N4O3/c1-11(2)15-19-16(24-20-15)12-5-7-13(8-6-12)18-17(23)21-9-3-4-14(21)10-22/h5-8,11,14,22H,3-4,9-10H2,1-2H3,(H,18,23)/t14-/m0/s1. The van der Waals surface area contributed by atoms with Gasteiger partial charge in [0.25, 0.3) is 5.89 Å². The van der Waals surface area contributed by atoms with Gasteiger partial charge < -0.3 is 19.8 Å². The number of urea groups is 1. The molecule has 1 aromatic heterocycles. The van der Waals surface area contributed by atoms with Gasteiger partial charge in [-0.05, 0) is 37.1 Å². The van der Waals surface area contributed by atoms with Gasteiger partial charge in [0.1, 0.15) is 0 Å². The number of nitrogens with one attached hydrogen (secondary N) is 1. The second kappa shape index (κ2) is 7.00. The van der Waals surface area contributed by atoms with Crippen molar-refractivity contribution in [2.24, 2.45) is 0 Å². The maximum atomic E-state index is 12.3. The van der Waals surface area contributed by atoms with Gasteiger partial charge in [-0.25, -0.2) is 4.79 Å². The van der Waals surface area contributed by atoms with Gasteiger partial charge in [0.2, 0.25) is 0 Å². The maximum absolute atomic E-state index is 12.3. The van der Waals surface area contributed by atoms with Gasteiger partial charge in [0, 0.05) is 23.7 Å². The third-order valence-corrected chi connectivity index (χ3v) is 4.19. The normalized spacial score (nSPS) is 17.5. The number of aliphatic hydroxyl groups excluding tert-OH is 1. The molecule has 24 heavy (non-hydrogen) atoms. The summed E-state index contributed by atoms with van der Waals surface area (Å²) in [5, 5.41) is 16.1. The number of carbonyl (C=O) groups excluding carboxylic acids is 1. The molecule has 0 bridgehead atoms. The van der Waals surface area contributed by atoms with E-state index >= 15 is 0 Å². The van der Waals surface area contributed by atoms with Crippen molar-refractivity contribution >= 4 is 11.7 Å². The summed E-state index contributed by atoms with van der Waals surface area (Å²) >= 11 is 0. The molecule has 7 heteroatoms. The van der Waals surface area contributed by atoms with Crippen LogP contribution in [0.5, 0.6) is 0 Å². The fourth-order valence-electron chi connectivity index (χ4n) is 2.77. The number of carbonyl (C=O) groups is 1. The highest BCUT2D eigenvalue weighted by Gasteiger charge is 2.28. The highest BCUT2D eigenvalue weighted by molar-refractivity contribution is 5.90. The molecular weight excluding hydrogens is 308 g/mol. The Bertz CT molecular complexity index is 696. The average Bonchev–Trinajstić information content (AvgIpc) is 3.24. The van der Waals surface area contributed by atoms with Crippen LogP contribution in [0.4, 0.5) is 10.5 Å². The fraction of sp³-hybridized carbons (Fsp3) is 0.471. The van der Waals surface area contributed by atoms with Crippen molar-refractivity contribution in [2.75, 3.05) is 18.5 Å². The first-order chi connectivity index (χ1) is 11.6. The summed E-state index contributed by atoms with van der Waals surface area (Å²) < 4.78 is 5.26. The van der Waals surface area contributed by atoms with Crippen LogP contribution in [0.15, 0.2) is 28.8 Å². The van der Waals surface area contributed by atoms with E-state index in [1.165, 1.54) is 0 Å². The van der Waals surface area contributed by atoms with Gasteiger partial charge in [-0.3, -0.25) is 0 Å². The Hall–Kier alpha value is -2.41. The zero-order valence-corrected chi connectivity index (χ0v) is 13.9. The largest absolute Gasteiger partial charge is 0.394 e. The molecule has 0 radical (unpaired) electrons. The first-order valence-electron chi connectivity index (χ1n) is 8.21. The molecule has 0 saturated carbocycles. The molecule has 1 aliphatic heterocycles. The first-order valence-corrected chi connectivity index (χ1v) is 8.21. The van der Waals surface area contributed by atoms with Gasteiger partial charge in [-0.15, -0.1) is 0 Å². The number of aromatic nitrogens is 2. The maximum Gasteiger partial charge on any atom is 0.322 e. The molecule has 2 aromatic rings. The van der Waals surface area contributed by atoms with E-state index in [9.17, 15) is 9.90 Å². The van der Waals surface area contributed by atoms with E-state index in [4.69, 9.17) is 4.52 Å². The summed E-state index contributed by atoms with van der Waals surface area (Å²) in [6.45, 7) is 4.69. The summed E-state index contributed by atoms with van der Waals surface area (Å²) in [7, 11) is 0. The average molecular weight is 330 g/mol. The molecule has 1 aliphatic rings. The van der Waals surface area contributed by atoms with Crippen molar-refractivity contribution in [2.45, 2.75) is 38.6 Å². The minimum Gasteiger partial charge on any atom is -0.394 e. The lowest BCUT2D eigenvalue weighted by molar-refractivity contribution is 0.166. The van der Waals surface area contributed by atoms with Crippen molar-refractivity contribution in [1.29, 1.82) is 0 Å². The van der Waals surface area contributed by atoms with Crippen LogP contribution in [-0.2, 0) is 0 Å². The van der Waals surface area contributed by atoms with Crippen LogP contribution in [0.2, 0.25) is 0 Å². The van der Waals surface area contributed by atoms with E-state index in [2.05, 4.69) is 15.5 Å². The second-order valence-electron chi connectivity index (χ2n) is 6.29. The molecule has 3 rings (SSSR count). The highest BCUT2D eigenvalue weighted by atomic mass is 16.5. The summed E-state index contributed by atoms with van der Waals surface area (Å²) in [6.07, 6.45) is 1.77. The van der Waals surface area contributed by atoms with Crippen molar-refractivity contribution in [1.82, 2.24) is 15.0 Å². The number of hydrogen-bond donors (Lipinski definition) is 2. The number of anilines is 1. The fourth-order valence-corrected chi connectivity index (χ4v) is 2.77. The Morgan fingerprint density at radius 2 is 2.17 bits per heavy atom. The van der Waals surface area contributed by atoms with Gasteiger partial charge in [0.15, 0.2) is 5.82 Å². The van der Waals surface area contributed by atoms with Crippen LogP contribution in [0.25, 0.3) is 11.5 Å². The molecule has 1 aromatic carbocycles. The lowest BCUT2D eigenvalue weighted by Crippen LogP contribution is -2.40. The molecule has 1 atom stereocenters. The summed E-state index contributed by atoms with van der Waals surface area (Å²) in [6, 6.07) is 7.01. The topological polar surface area (TPSA) is 91.5 Å². The third kappa shape index (κ3) is 3.41. The molecule has 2 amide bonds. The predicted octanol–water partition coefficient (Wildman–Crippen LogP) is 2.85. The Kier molecular flexibility index (Phi) is 4.80.